The van der Waals surface area contributed by atoms with Gasteiger partial charge in [0.2, 0.25) is 11.9 Å². The number of hydrogen-bond acceptors (Lipinski definition) is 7. The smallest absolute Gasteiger partial charge is 0.248 e. The van der Waals surface area contributed by atoms with Crippen molar-refractivity contribution in [3.8, 4) is 0 Å². The van der Waals surface area contributed by atoms with Crippen molar-refractivity contribution in [2.24, 2.45) is 5.10 Å². The molecule has 2 N–H and O–H groups in total. The minimum absolute atomic E-state index is 0.481. The van der Waals surface area contributed by atoms with Crippen LogP contribution in [0.15, 0.2) is 60.0 Å². The van der Waals surface area contributed by atoms with E-state index in [1.807, 2.05) is 42.7 Å². The SMILES string of the molecule is C(=N\Nc1nc(CCCc2ccccn2)nc(N2CCCCC2)n1)/c1c[nH]c2ccccc12. The molecule has 3 aromatic heterocycles. The highest BCUT2D eigenvalue weighted by Gasteiger charge is 2.16. The minimum Gasteiger partial charge on any atom is -0.361 e. The van der Waals surface area contributed by atoms with Crippen LogP contribution in [0.5, 0.6) is 0 Å². The molecule has 5 rings (SSSR count). The molecule has 8 nitrogen and oxygen atoms in total. The van der Waals surface area contributed by atoms with Gasteiger partial charge in [-0.25, -0.2) is 5.43 Å². The van der Waals surface area contributed by atoms with Gasteiger partial charge in [-0.1, -0.05) is 24.3 Å². The van der Waals surface area contributed by atoms with Crippen LogP contribution < -0.4 is 10.3 Å². The zero-order chi connectivity index (χ0) is 22.3. The average molecular weight is 441 g/mol. The summed E-state index contributed by atoms with van der Waals surface area (Å²) in [5, 5.41) is 5.54. The molecule has 1 aromatic carbocycles. The first kappa shape index (κ1) is 21.1. The van der Waals surface area contributed by atoms with Crippen LogP contribution in [0.4, 0.5) is 11.9 Å². The van der Waals surface area contributed by atoms with Crippen molar-refractivity contribution in [3.05, 3.63) is 71.9 Å². The standard InChI is InChI=1S/C25H28N8/c1-6-15-33(16-7-1)25-30-23(13-8-10-20-9-4-5-14-26-20)29-24(31-25)32-28-18-19-17-27-22-12-3-2-11-21(19)22/h2-5,9,11-12,14,17-18,27H,1,6-8,10,13,15-16H2,(H,29,30,31,32)/b28-18+. The molecule has 1 aliphatic heterocycles. The van der Waals surface area contributed by atoms with Crippen LogP contribution in [-0.2, 0) is 12.8 Å². The number of aromatic nitrogens is 5. The monoisotopic (exact) mass is 440 g/mol. The second-order valence-electron chi connectivity index (χ2n) is 8.26. The summed E-state index contributed by atoms with van der Waals surface area (Å²) in [5.41, 5.74) is 6.22. The molecule has 1 aliphatic rings. The lowest BCUT2D eigenvalue weighted by Crippen LogP contribution is -2.31. The number of benzene rings is 1. The van der Waals surface area contributed by atoms with E-state index in [1.165, 1.54) is 19.3 Å². The molecule has 1 saturated heterocycles. The van der Waals surface area contributed by atoms with Gasteiger partial charge in [0.25, 0.3) is 0 Å². The van der Waals surface area contributed by atoms with Crippen molar-refractivity contribution < 1.29 is 0 Å². The molecule has 0 aliphatic carbocycles. The number of piperidine rings is 1. The van der Waals surface area contributed by atoms with Crippen LogP contribution >= 0.6 is 0 Å². The molecule has 4 heterocycles. The summed E-state index contributed by atoms with van der Waals surface area (Å²) in [6.07, 6.45) is 11.8. The maximum Gasteiger partial charge on any atom is 0.248 e. The second-order valence-corrected chi connectivity index (χ2v) is 8.26. The van der Waals surface area contributed by atoms with Crippen LogP contribution in [0.2, 0.25) is 0 Å². The van der Waals surface area contributed by atoms with Crippen LogP contribution in [0.1, 0.15) is 42.8 Å². The van der Waals surface area contributed by atoms with Gasteiger partial charge >= 0.3 is 0 Å². The van der Waals surface area contributed by atoms with Gasteiger partial charge in [0.05, 0.1) is 6.21 Å². The van der Waals surface area contributed by atoms with E-state index in [4.69, 9.17) is 4.98 Å². The molecule has 0 radical (unpaired) electrons. The Hall–Kier alpha value is -3.81. The number of rotatable bonds is 8. The Labute approximate surface area is 193 Å². The van der Waals surface area contributed by atoms with Gasteiger partial charge in [0.15, 0.2) is 0 Å². The number of hydrogen-bond donors (Lipinski definition) is 2. The lowest BCUT2D eigenvalue weighted by molar-refractivity contribution is 0.565. The number of fused-ring (bicyclic) bond motifs is 1. The molecule has 0 unspecified atom stereocenters. The predicted molar refractivity (Wildman–Crippen MR) is 132 cm³/mol. The molecule has 168 valence electrons. The molecular formula is C25H28N8. The quantitative estimate of drug-likeness (QED) is 0.312. The Bertz CT molecular complexity index is 1210. The van der Waals surface area contributed by atoms with Crippen LogP contribution in [-0.4, -0.2) is 44.2 Å². The highest BCUT2D eigenvalue weighted by molar-refractivity contribution is 5.99. The highest BCUT2D eigenvalue weighted by Crippen LogP contribution is 2.19. The maximum atomic E-state index is 4.77. The fourth-order valence-corrected chi connectivity index (χ4v) is 4.14. The van der Waals surface area contributed by atoms with Gasteiger partial charge < -0.3 is 9.88 Å². The fraction of sp³-hybridized carbons (Fsp3) is 0.320. The van der Waals surface area contributed by atoms with Crippen molar-refractivity contribution in [1.29, 1.82) is 0 Å². The van der Waals surface area contributed by atoms with Crippen LogP contribution in [0, 0.1) is 0 Å². The van der Waals surface area contributed by atoms with Crippen molar-refractivity contribution in [2.45, 2.75) is 38.5 Å². The Morgan fingerprint density at radius 1 is 0.970 bits per heavy atom. The van der Waals surface area contributed by atoms with E-state index in [-0.39, 0.29) is 0 Å². The Balaban J connectivity index is 1.31. The number of aryl methyl sites for hydroxylation is 2. The molecular weight excluding hydrogens is 412 g/mol. The summed E-state index contributed by atoms with van der Waals surface area (Å²) in [6.45, 7) is 1.96. The van der Waals surface area contributed by atoms with E-state index in [1.54, 1.807) is 6.21 Å². The van der Waals surface area contributed by atoms with Crippen molar-refractivity contribution in [1.82, 2.24) is 24.9 Å². The first-order valence-corrected chi connectivity index (χ1v) is 11.6. The molecule has 0 atom stereocenters. The lowest BCUT2D eigenvalue weighted by Gasteiger charge is -2.26. The van der Waals surface area contributed by atoms with E-state index in [0.717, 1.165) is 66.3 Å². The van der Waals surface area contributed by atoms with Gasteiger partial charge in [0.1, 0.15) is 5.82 Å². The van der Waals surface area contributed by atoms with E-state index < -0.39 is 0 Å². The van der Waals surface area contributed by atoms with E-state index in [9.17, 15) is 0 Å². The third kappa shape index (κ3) is 5.34. The Kier molecular flexibility index (Phi) is 6.51. The van der Waals surface area contributed by atoms with Gasteiger partial charge in [-0.2, -0.15) is 20.1 Å². The summed E-state index contributed by atoms with van der Waals surface area (Å²) in [7, 11) is 0. The van der Waals surface area contributed by atoms with Gasteiger partial charge in [-0.3, -0.25) is 4.98 Å². The summed E-state index contributed by atoms with van der Waals surface area (Å²) >= 11 is 0. The average Bonchev–Trinajstić information content (AvgIpc) is 3.28. The molecule has 1 fully saturated rings. The normalized spacial score (nSPS) is 14.2. The summed E-state index contributed by atoms with van der Waals surface area (Å²) in [6, 6.07) is 14.2. The number of hydrazone groups is 1. The van der Waals surface area contributed by atoms with Crippen molar-refractivity contribution in [3.63, 3.8) is 0 Å². The summed E-state index contributed by atoms with van der Waals surface area (Å²) in [5.74, 6) is 2.00. The predicted octanol–water partition coefficient (Wildman–Crippen LogP) is 4.36. The topological polar surface area (TPSA) is 95.0 Å². The van der Waals surface area contributed by atoms with E-state index in [2.05, 4.69) is 47.5 Å². The number of pyridine rings is 1. The first-order chi connectivity index (χ1) is 16.3. The van der Waals surface area contributed by atoms with E-state index >= 15 is 0 Å². The van der Waals surface area contributed by atoms with Crippen molar-refractivity contribution >= 4 is 29.0 Å². The number of aromatic amines is 1. The Morgan fingerprint density at radius 2 is 1.85 bits per heavy atom. The summed E-state index contributed by atoms with van der Waals surface area (Å²) in [4.78, 5) is 24.0. The number of H-pyrrole nitrogens is 1. The van der Waals surface area contributed by atoms with Crippen molar-refractivity contribution in [2.75, 3.05) is 23.4 Å². The number of nitrogens with zero attached hydrogens (tertiary/aromatic N) is 6. The molecule has 0 spiro atoms. The number of para-hydroxylation sites is 1. The largest absolute Gasteiger partial charge is 0.361 e. The minimum atomic E-state index is 0.481. The maximum absolute atomic E-state index is 4.77. The number of nitrogens with one attached hydrogen (secondary N) is 2. The molecule has 0 bridgehead atoms. The van der Waals surface area contributed by atoms with Gasteiger partial charge in [-0.05, 0) is 50.3 Å². The van der Waals surface area contributed by atoms with Gasteiger partial charge in [-0.15, -0.1) is 0 Å². The van der Waals surface area contributed by atoms with Crippen LogP contribution in [0.25, 0.3) is 10.9 Å². The zero-order valence-electron chi connectivity index (χ0n) is 18.6. The van der Waals surface area contributed by atoms with Gasteiger partial charge in [0, 0.05) is 54.1 Å². The molecule has 8 heteroatoms. The molecule has 0 saturated carbocycles. The Morgan fingerprint density at radius 3 is 2.73 bits per heavy atom. The van der Waals surface area contributed by atoms with Crippen LogP contribution in [0.3, 0.4) is 0 Å². The second kappa shape index (κ2) is 10.2. The highest BCUT2D eigenvalue weighted by atomic mass is 15.4. The zero-order valence-corrected chi connectivity index (χ0v) is 18.6. The fourth-order valence-electron chi connectivity index (χ4n) is 4.14. The first-order valence-electron chi connectivity index (χ1n) is 11.6. The van der Waals surface area contributed by atoms with E-state index in [0.29, 0.717) is 5.95 Å². The molecule has 4 aromatic rings. The summed E-state index contributed by atoms with van der Waals surface area (Å²) < 4.78 is 0. The lowest BCUT2D eigenvalue weighted by atomic mass is 10.1. The number of anilines is 2. The third-order valence-corrected chi connectivity index (χ3v) is 5.86. The third-order valence-electron chi connectivity index (χ3n) is 5.86. The molecule has 33 heavy (non-hydrogen) atoms. The molecule has 0 amide bonds.